The summed E-state index contributed by atoms with van der Waals surface area (Å²) in [6.07, 6.45) is 22.8. The number of unbranched alkanes of at least 4 members (excludes halogenated alkanes) is 1. The number of ether oxygens (including phenoxy) is 2. The summed E-state index contributed by atoms with van der Waals surface area (Å²) in [6, 6.07) is 6.52. The van der Waals surface area contributed by atoms with E-state index in [2.05, 4.69) is 42.7 Å². The van der Waals surface area contributed by atoms with Crippen molar-refractivity contribution in [3.8, 4) is 11.5 Å². The Morgan fingerprint density at radius 2 is 2.00 bits per heavy atom. The monoisotopic (exact) mass is 699 g/mol. The average molecular weight is 700 g/mol. The number of aliphatic imine (C=N–C) groups is 1. The minimum Gasteiger partial charge on any atom is -0.592 e. The molecule has 5 N–H and O–H groups in total. The number of allylic oxidation sites excluding steroid dienone is 3. The number of hydrogen-bond acceptors (Lipinski definition) is 8. The van der Waals surface area contributed by atoms with E-state index in [9.17, 15) is 15.3 Å². The maximum Gasteiger partial charge on any atom is 0.197 e. The standard InChI is InChI=1S/C43H61N3O5/c1-4-6-10-38-30(26-47)22-31(51-38)14-12-29-13-15-37(49)39(21-29)50-27-36(45-5-2)35-23-32-34(25-44-24-28(3)48)43-19-9-11-40(43)42(17-7-8-18-42)33(16-20-43)41(32)46-35/h13,15-16,20-23,28,33-34,36,38,40,44-45,47-49H,4-12,14,17-19,24-27H2,1-3H3/t28-,33-,34-,36-,38?,40+,43+/m0/s1. The second-order valence-corrected chi connectivity index (χ2v) is 16.2. The van der Waals surface area contributed by atoms with Gasteiger partial charge < -0.3 is 30.1 Å². The van der Waals surface area contributed by atoms with E-state index in [1.165, 1.54) is 56.2 Å². The molecule has 7 aliphatic rings. The van der Waals surface area contributed by atoms with E-state index in [-0.39, 0.29) is 36.0 Å². The molecule has 2 bridgehead atoms. The number of benzene rings is 1. The number of aliphatic hydroxyl groups excluding tert-OH is 2. The van der Waals surface area contributed by atoms with Crippen molar-refractivity contribution in [1.29, 1.82) is 0 Å². The highest BCUT2D eigenvalue weighted by molar-refractivity contribution is 6.07. The molecule has 2 aliphatic heterocycles. The van der Waals surface area contributed by atoms with Gasteiger partial charge in [-0.05, 0) is 81.0 Å². The van der Waals surface area contributed by atoms with Crippen LogP contribution >= 0.6 is 0 Å². The first-order valence-electron chi connectivity index (χ1n) is 20.1. The van der Waals surface area contributed by atoms with Gasteiger partial charge in [-0.25, -0.2) is 0 Å². The smallest absolute Gasteiger partial charge is 0.197 e. The summed E-state index contributed by atoms with van der Waals surface area (Å²) in [5, 5.41) is 38.1. The van der Waals surface area contributed by atoms with Crippen molar-refractivity contribution in [2.75, 3.05) is 32.8 Å². The van der Waals surface area contributed by atoms with Gasteiger partial charge in [-0.3, -0.25) is 5.32 Å². The zero-order valence-corrected chi connectivity index (χ0v) is 31.1. The van der Waals surface area contributed by atoms with E-state index in [0.29, 0.717) is 42.1 Å². The molecule has 0 saturated heterocycles. The molecule has 2 spiro atoms. The van der Waals surface area contributed by atoms with Gasteiger partial charge in [0.15, 0.2) is 23.3 Å². The molecular formula is C43H61N3O5. The molecule has 0 aromatic heterocycles. The normalized spacial score (nSPS) is 29.8. The summed E-state index contributed by atoms with van der Waals surface area (Å²) in [7, 11) is 0. The van der Waals surface area contributed by atoms with Crippen LogP contribution in [-0.4, -0.2) is 72.1 Å². The zero-order chi connectivity index (χ0) is 35.6. The molecule has 3 fully saturated rings. The SMILES string of the molecule is CCCCC1OC(CCc2ccc(O)c(OC[C@H](NCC)[C+]3C=C4C(=N3)[C@@H]3C=C[C@]5(CCC[C@@H]5C35CCCC5)[C@H]4CNC[C@H](C)O)c2)=C[C-]1CO. The molecule has 51 heavy (non-hydrogen) atoms. The molecule has 0 radical (unpaired) electrons. The van der Waals surface area contributed by atoms with Crippen molar-refractivity contribution in [3.63, 3.8) is 0 Å². The Bertz CT molecular complexity index is 1490. The van der Waals surface area contributed by atoms with Gasteiger partial charge in [0.2, 0.25) is 0 Å². The Labute approximate surface area is 305 Å². The maximum absolute atomic E-state index is 10.8. The Kier molecular flexibility index (Phi) is 11.1. The maximum atomic E-state index is 10.8. The van der Waals surface area contributed by atoms with Gasteiger partial charge in [-0.1, -0.05) is 76.3 Å². The highest BCUT2D eigenvalue weighted by atomic mass is 16.5. The van der Waals surface area contributed by atoms with Crippen LogP contribution in [0.25, 0.3) is 0 Å². The number of phenols is 1. The molecule has 5 aliphatic carbocycles. The van der Waals surface area contributed by atoms with Crippen LogP contribution < -0.4 is 15.4 Å². The third kappa shape index (κ3) is 6.98. The molecule has 8 nitrogen and oxygen atoms in total. The van der Waals surface area contributed by atoms with Gasteiger partial charge in [0.25, 0.3) is 0 Å². The number of likely N-dealkylation sites (N-methyl/N-ethyl adjacent to an activating group) is 1. The molecule has 2 heterocycles. The Morgan fingerprint density at radius 1 is 1.16 bits per heavy atom. The van der Waals surface area contributed by atoms with E-state index < -0.39 is 0 Å². The summed E-state index contributed by atoms with van der Waals surface area (Å²) in [6.45, 7) is 8.74. The summed E-state index contributed by atoms with van der Waals surface area (Å²) < 4.78 is 12.6. The second-order valence-electron chi connectivity index (χ2n) is 16.2. The topological polar surface area (TPSA) is 116 Å². The Hall–Kier alpha value is -2.91. The first kappa shape index (κ1) is 36.4. The third-order valence-electron chi connectivity index (χ3n) is 13.1. The second kappa shape index (κ2) is 15.6. The Balaban J connectivity index is 1.09. The number of hydrogen-bond donors (Lipinski definition) is 5. The lowest BCUT2D eigenvalue weighted by molar-refractivity contribution is 0.0315. The first-order valence-corrected chi connectivity index (χ1v) is 20.1. The van der Waals surface area contributed by atoms with Crippen molar-refractivity contribution in [3.05, 3.63) is 71.4 Å². The van der Waals surface area contributed by atoms with Crippen LogP contribution in [0.3, 0.4) is 0 Å². The fraction of sp³-hybridized carbons (Fsp3) is 0.651. The predicted octanol–water partition coefficient (Wildman–Crippen LogP) is 6.77. The molecule has 0 amide bonds. The van der Waals surface area contributed by atoms with E-state index >= 15 is 0 Å². The van der Waals surface area contributed by atoms with Crippen LogP contribution in [0.4, 0.5) is 0 Å². The van der Waals surface area contributed by atoms with Crippen LogP contribution in [0.15, 0.2) is 58.8 Å². The fourth-order valence-electron chi connectivity index (χ4n) is 10.8. The molecular weight excluding hydrogens is 638 g/mol. The highest BCUT2D eigenvalue weighted by Gasteiger charge is 2.68. The molecule has 1 aromatic rings. The van der Waals surface area contributed by atoms with Gasteiger partial charge in [0, 0.05) is 31.2 Å². The van der Waals surface area contributed by atoms with Crippen LogP contribution in [0, 0.1) is 40.5 Å². The van der Waals surface area contributed by atoms with E-state index in [1.807, 2.05) is 25.1 Å². The van der Waals surface area contributed by atoms with Crippen molar-refractivity contribution in [2.45, 2.75) is 116 Å². The summed E-state index contributed by atoms with van der Waals surface area (Å²) in [4.78, 5) is 5.54. The minimum atomic E-state index is -0.382. The molecule has 8 rings (SSSR count). The minimum absolute atomic E-state index is 0.0172. The number of aliphatic hydroxyl groups is 2. The number of nitrogens with one attached hydrogen (secondary N) is 2. The lowest BCUT2D eigenvalue weighted by atomic mass is 9.53. The van der Waals surface area contributed by atoms with Gasteiger partial charge >= 0.3 is 0 Å². The van der Waals surface area contributed by atoms with Crippen LogP contribution in [0.5, 0.6) is 11.5 Å². The number of aromatic hydroxyl groups is 1. The highest BCUT2D eigenvalue weighted by Crippen LogP contribution is 2.70. The lowest BCUT2D eigenvalue weighted by Gasteiger charge is -2.49. The fourth-order valence-corrected chi connectivity index (χ4v) is 10.8. The van der Waals surface area contributed by atoms with Crippen LogP contribution in [0.2, 0.25) is 0 Å². The molecule has 3 saturated carbocycles. The van der Waals surface area contributed by atoms with Crippen molar-refractivity contribution < 1.29 is 24.8 Å². The number of aryl methyl sites for hydroxylation is 1. The largest absolute Gasteiger partial charge is 0.592 e. The Morgan fingerprint density at radius 3 is 2.76 bits per heavy atom. The molecule has 278 valence electrons. The van der Waals surface area contributed by atoms with Gasteiger partial charge in [0.05, 0.1) is 24.0 Å². The predicted molar refractivity (Wildman–Crippen MR) is 202 cm³/mol. The lowest BCUT2D eigenvalue weighted by Crippen LogP contribution is -2.48. The van der Waals surface area contributed by atoms with Gasteiger partial charge in [-0.2, -0.15) is 12.0 Å². The van der Waals surface area contributed by atoms with Crippen molar-refractivity contribution >= 4 is 5.71 Å². The van der Waals surface area contributed by atoms with Crippen LogP contribution in [-0.2, 0) is 11.2 Å². The van der Waals surface area contributed by atoms with Crippen molar-refractivity contribution in [2.24, 2.45) is 33.6 Å². The molecule has 7 atom stereocenters. The van der Waals surface area contributed by atoms with Gasteiger partial charge in [-0.15, -0.1) is 4.99 Å². The molecule has 8 heteroatoms. The van der Waals surface area contributed by atoms with Gasteiger partial charge in [0.1, 0.15) is 18.2 Å². The van der Waals surface area contributed by atoms with Crippen molar-refractivity contribution in [1.82, 2.24) is 10.6 Å². The number of nitrogens with zero attached hydrogens (tertiary/aromatic N) is 1. The summed E-state index contributed by atoms with van der Waals surface area (Å²) in [5.74, 6) is 3.84. The summed E-state index contributed by atoms with van der Waals surface area (Å²) in [5.41, 5.74) is 4.16. The summed E-state index contributed by atoms with van der Waals surface area (Å²) >= 11 is 0. The van der Waals surface area contributed by atoms with E-state index in [0.717, 1.165) is 68.5 Å². The van der Waals surface area contributed by atoms with E-state index in [1.54, 1.807) is 6.07 Å². The molecule has 1 unspecified atom stereocenters. The average Bonchev–Trinajstić information content (AvgIpc) is 3.93. The van der Waals surface area contributed by atoms with E-state index in [4.69, 9.17) is 14.5 Å². The zero-order valence-electron chi connectivity index (χ0n) is 31.1. The number of phenolic OH excluding ortho intramolecular Hbond substituents is 1. The first-order chi connectivity index (χ1) is 24.8. The number of rotatable bonds is 17. The quantitative estimate of drug-likeness (QED) is 0.0901. The van der Waals surface area contributed by atoms with Crippen LogP contribution in [0.1, 0.15) is 97.0 Å². The third-order valence-corrected chi connectivity index (χ3v) is 13.1. The molecule has 1 aromatic carbocycles.